The van der Waals surface area contributed by atoms with Crippen LogP contribution < -0.4 is 0 Å². The second kappa shape index (κ2) is 6.25. The van der Waals surface area contributed by atoms with Crippen molar-refractivity contribution in [3.8, 4) is 0 Å². The summed E-state index contributed by atoms with van der Waals surface area (Å²) in [5, 5.41) is 0. The summed E-state index contributed by atoms with van der Waals surface area (Å²) in [7, 11) is -2.01. The average molecular weight is 261 g/mol. The van der Waals surface area contributed by atoms with Crippen LogP contribution in [0.25, 0.3) is 0 Å². The van der Waals surface area contributed by atoms with Gasteiger partial charge in [-0.2, -0.15) is 0 Å². The maximum Gasteiger partial charge on any atom is 0.0534 e. The lowest BCUT2D eigenvalue weighted by Crippen LogP contribution is -2.31. The molecule has 0 atom stereocenters. The van der Waals surface area contributed by atoms with E-state index in [0.717, 1.165) is 0 Å². The van der Waals surface area contributed by atoms with Crippen LogP contribution in [0, 0.1) is 0 Å². The lowest BCUT2D eigenvalue weighted by Gasteiger charge is -2.25. The summed E-state index contributed by atoms with van der Waals surface area (Å²) in [6.45, 7) is 20.3. The molecule has 0 nitrogen and oxygen atoms in total. The molecule has 0 aromatic rings. The molecule has 14 heavy (non-hydrogen) atoms. The van der Waals surface area contributed by atoms with E-state index in [0.29, 0.717) is 0 Å². The molecule has 0 rings (SSSR count). The van der Waals surface area contributed by atoms with Gasteiger partial charge in [0.05, 0.1) is 35.2 Å². The van der Waals surface area contributed by atoms with Gasteiger partial charge in [-0.05, 0) is 0 Å². The topological polar surface area (TPSA) is 0 Å². The van der Waals surface area contributed by atoms with Crippen LogP contribution in [0.3, 0.4) is 0 Å². The van der Waals surface area contributed by atoms with Gasteiger partial charge in [-0.3, -0.25) is 0 Å². The Morgan fingerprint density at radius 1 is 0.429 bits per heavy atom. The molecule has 0 spiro atoms. The summed E-state index contributed by atoms with van der Waals surface area (Å²) in [5.74, 6) is 0. The highest BCUT2D eigenvalue weighted by Gasteiger charge is 2.20. The van der Waals surface area contributed by atoms with Crippen LogP contribution in [0.15, 0.2) is 9.64 Å². The van der Waals surface area contributed by atoms with E-state index in [2.05, 4.69) is 62.0 Å². The molecule has 0 aliphatic carbocycles. The highest BCUT2D eigenvalue weighted by molar-refractivity contribution is 6.96. The van der Waals surface area contributed by atoms with Gasteiger partial charge in [-0.25, -0.2) is 0 Å². The zero-order valence-corrected chi connectivity index (χ0v) is 15.9. The van der Waals surface area contributed by atoms with E-state index in [1.54, 1.807) is 0 Å². The molecule has 0 aromatic heterocycles. The monoisotopic (exact) mass is 260 g/mol. The summed E-state index contributed by atoms with van der Waals surface area (Å²) in [5.41, 5.74) is 0. The van der Waals surface area contributed by atoms with Crippen molar-refractivity contribution in [1.82, 2.24) is 0 Å². The normalized spacial score (nSPS) is 12.0. The lowest BCUT2D eigenvalue weighted by atomic mass is 11.2. The SMILES string of the molecule is C[SiH](C)C(=C([SiH](C)C)[SiH](C)C)[SiH](C)C. The van der Waals surface area contributed by atoms with E-state index >= 15 is 0 Å². The van der Waals surface area contributed by atoms with Crippen molar-refractivity contribution >= 4 is 35.2 Å². The average Bonchev–Trinajstić information content (AvgIpc) is 1.96. The van der Waals surface area contributed by atoms with Crippen LogP contribution >= 0.6 is 0 Å². The van der Waals surface area contributed by atoms with Crippen molar-refractivity contribution < 1.29 is 0 Å². The first-order valence-corrected chi connectivity index (χ1v) is 17.6. The fourth-order valence-corrected chi connectivity index (χ4v) is 24.0. The van der Waals surface area contributed by atoms with Gasteiger partial charge in [0, 0.05) is 0 Å². The summed E-state index contributed by atoms with van der Waals surface area (Å²) in [4.78, 5) is 4.15. The second-order valence-electron chi connectivity index (χ2n) is 5.53. The lowest BCUT2D eigenvalue weighted by molar-refractivity contribution is 1.75. The van der Waals surface area contributed by atoms with Gasteiger partial charge in [0.25, 0.3) is 0 Å². The molecule has 84 valence electrons. The van der Waals surface area contributed by atoms with Crippen molar-refractivity contribution in [3.05, 3.63) is 9.64 Å². The largest absolute Gasteiger partial charge is 0.106 e. The van der Waals surface area contributed by atoms with Gasteiger partial charge in [0.1, 0.15) is 0 Å². The van der Waals surface area contributed by atoms with Crippen LogP contribution in [-0.2, 0) is 0 Å². The van der Waals surface area contributed by atoms with Crippen molar-refractivity contribution in [3.63, 3.8) is 0 Å². The highest BCUT2D eigenvalue weighted by Crippen LogP contribution is 2.18. The van der Waals surface area contributed by atoms with E-state index in [-0.39, 0.29) is 0 Å². The first-order chi connectivity index (χ1) is 6.29. The molecule has 0 radical (unpaired) electrons. The van der Waals surface area contributed by atoms with Gasteiger partial charge in [-0.1, -0.05) is 52.4 Å². The minimum atomic E-state index is -0.503. The summed E-state index contributed by atoms with van der Waals surface area (Å²) < 4.78 is 0. The van der Waals surface area contributed by atoms with Crippen LogP contribution in [0.1, 0.15) is 0 Å². The van der Waals surface area contributed by atoms with Crippen LogP contribution in [0.5, 0.6) is 0 Å². The molecule has 0 saturated carbocycles. The maximum atomic E-state index is 2.54. The van der Waals surface area contributed by atoms with Crippen molar-refractivity contribution in [1.29, 1.82) is 0 Å². The minimum Gasteiger partial charge on any atom is -0.106 e. The molecule has 0 N–H and O–H groups in total. The molecule has 0 amide bonds. The first kappa shape index (κ1) is 14.6. The number of hydrogen-bond donors (Lipinski definition) is 0. The second-order valence-corrected chi connectivity index (χ2v) is 18.6. The van der Waals surface area contributed by atoms with Gasteiger partial charge >= 0.3 is 0 Å². The van der Waals surface area contributed by atoms with E-state index in [4.69, 9.17) is 0 Å². The Hall–Kier alpha value is 0.608. The van der Waals surface area contributed by atoms with Crippen molar-refractivity contribution in [2.24, 2.45) is 0 Å². The third-order valence-electron chi connectivity index (χ3n) is 2.82. The third-order valence-corrected chi connectivity index (χ3v) is 18.5. The van der Waals surface area contributed by atoms with E-state index in [1.807, 2.05) is 0 Å². The first-order valence-electron chi connectivity index (χ1n) is 6.02. The predicted octanol–water partition coefficient (Wildman–Crippen LogP) is 2.39. The molecule has 0 aliphatic rings. The fraction of sp³-hybridized carbons (Fsp3) is 0.800. The zero-order chi connectivity index (χ0) is 11.5. The summed E-state index contributed by atoms with van der Waals surface area (Å²) >= 11 is 0. The highest BCUT2D eigenvalue weighted by atomic mass is 28.3. The molecule has 0 fully saturated rings. The molecular formula is C10H28Si4. The molecular weight excluding hydrogens is 232 g/mol. The van der Waals surface area contributed by atoms with Crippen LogP contribution in [0.2, 0.25) is 52.4 Å². The van der Waals surface area contributed by atoms with Crippen LogP contribution in [-0.4, -0.2) is 35.2 Å². The smallest absolute Gasteiger partial charge is 0.0534 e. The van der Waals surface area contributed by atoms with Gasteiger partial charge in [-0.15, -0.1) is 9.64 Å². The Morgan fingerprint density at radius 2 is 0.571 bits per heavy atom. The van der Waals surface area contributed by atoms with Gasteiger partial charge in [0.15, 0.2) is 0 Å². The minimum absolute atomic E-state index is 0.503. The fourth-order valence-electron chi connectivity index (χ4n) is 2.67. The number of hydrogen-bond acceptors (Lipinski definition) is 0. The Morgan fingerprint density at radius 3 is 0.643 bits per heavy atom. The van der Waals surface area contributed by atoms with Crippen LogP contribution in [0.4, 0.5) is 0 Å². The standard InChI is InChI=1S/C10H28Si4/c1-11(2)9(12(3)4)10(13(5)6)14(7)8/h11-14H,1-8H3. The molecule has 0 heterocycles. The number of rotatable bonds is 4. The Labute approximate surface area is 97.2 Å². The predicted molar refractivity (Wildman–Crippen MR) is 82.5 cm³/mol. The molecule has 4 heteroatoms. The van der Waals surface area contributed by atoms with E-state index < -0.39 is 35.2 Å². The summed E-state index contributed by atoms with van der Waals surface area (Å²) in [6.07, 6.45) is 0. The molecule has 0 bridgehead atoms. The van der Waals surface area contributed by atoms with Crippen molar-refractivity contribution in [2.45, 2.75) is 52.4 Å². The molecule has 0 aromatic carbocycles. The molecule has 0 aliphatic heterocycles. The Balaban J connectivity index is 5.27. The zero-order valence-electron chi connectivity index (χ0n) is 11.3. The van der Waals surface area contributed by atoms with E-state index in [1.165, 1.54) is 0 Å². The summed E-state index contributed by atoms with van der Waals surface area (Å²) in [6, 6.07) is 0. The Bertz CT molecular complexity index is 162. The quantitative estimate of drug-likeness (QED) is 0.681. The third kappa shape index (κ3) is 4.00. The molecule has 0 saturated heterocycles. The maximum absolute atomic E-state index is 2.54. The van der Waals surface area contributed by atoms with E-state index in [9.17, 15) is 0 Å². The van der Waals surface area contributed by atoms with Gasteiger partial charge < -0.3 is 0 Å². The Kier molecular flexibility index (Phi) is 6.52. The molecule has 0 unspecified atom stereocenters. The van der Waals surface area contributed by atoms with Gasteiger partial charge in [0.2, 0.25) is 0 Å². The van der Waals surface area contributed by atoms with Crippen molar-refractivity contribution in [2.75, 3.05) is 0 Å².